The summed E-state index contributed by atoms with van der Waals surface area (Å²) in [5.41, 5.74) is 1.77. The number of anilines is 1. The number of carbonyl (C=O) groups is 1. The van der Waals surface area contributed by atoms with E-state index in [-0.39, 0.29) is 11.6 Å². The molecule has 0 unspecified atom stereocenters. The fourth-order valence-electron chi connectivity index (χ4n) is 2.15. The molecule has 0 bridgehead atoms. The van der Waals surface area contributed by atoms with Crippen molar-refractivity contribution in [1.29, 1.82) is 0 Å². The second kappa shape index (κ2) is 5.57. The van der Waals surface area contributed by atoms with E-state index in [4.69, 9.17) is 16.3 Å². The SMILES string of the molecule is COc1ccc(Cl)cc1NC(=O)c1ccc2[nH]c(=O)[nH]c2c1. The number of ether oxygens (including phenoxy) is 1. The van der Waals surface area contributed by atoms with Gasteiger partial charge in [-0.25, -0.2) is 4.79 Å². The third-order valence-electron chi connectivity index (χ3n) is 3.19. The second-order valence-corrected chi connectivity index (χ2v) is 5.07. The molecule has 7 heteroatoms. The van der Waals surface area contributed by atoms with Crippen molar-refractivity contribution in [2.75, 3.05) is 12.4 Å². The normalized spacial score (nSPS) is 10.6. The molecule has 3 rings (SSSR count). The zero-order chi connectivity index (χ0) is 15.7. The fourth-order valence-corrected chi connectivity index (χ4v) is 2.32. The van der Waals surface area contributed by atoms with Crippen LogP contribution in [0.25, 0.3) is 11.0 Å². The molecule has 1 heterocycles. The summed E-state index contributed by atoms with van der Waals surface area (Å²) in [5.74, 6) is 0.179. The molecular formula is C15H12ClN3O3. The van der Waals surface area contributed by atoms with Crippen molar-refractivity contribution in [3.63, 3.8) is 0 Å². The Bertz CT molecular complexity index is 914. The average molecular weight is 318 g/mol. The van der Waals surface area contributed by atoms with Gasteiger partial charge in [-0.2, -0.15) is 0 Å². The number of fused-ring (bicyclic) bond motifs is 1. The van der Waals surface area contributed by atoms with Crippen LogP contribution in [0.3, 0.4) is 0 Å². The number of rotatable bonds is 3. The molecule has 0 aliphatic carbocycles. The van der Waals surface area contributed by atoms with Crippen molar-refractivity contribution in [3.05, 3.63) is 57.5 Å². The molecule has 0 fully saturated rings. The third-order valence-corrected chi connectivity index (χ3v) is 3.42. The Morgan fingerprint density at radius 2 is 1.91 bits per heavy atom. The molecule has 0 radical (unpaired) electrons. The molecular weight excluding hydrogens is 306 g/mol. The highest BCUT2D eigenvalue weighted by Crippen LogP contribution is 2.28. The zero-order valence-corrected chi connectivity index (χ0v) is 12.3. The number of aromatic nitrogens is 2. The Morgan fingerprint density at radius 1 is 1.14 bits per heavy atom. The van der Waals surface area contributed by atoms with Gasteiger partial charge in [0.05, 0.1) is 23.8 Å². The molecule has 3 N–H and O–H groups in total. The van der Waals surface area contributed by atoms with Crippen LogP contribution in [0.5, 0.6) is 5.75 Å². The van der Waals surface area contributed by atoms with E-state index in [2.05, 4.69) is 15.3 Å². The fraction of sp³-hybridized carbons (Fsp3) is 0.0667. The first-order valence-corrected chi connectivity index (χ1v) is 6.81. The van der Waals surface area contributed by atoms with Gasteiger partial charge in [0, 0.05) is 10.6 Å². The number of hydrogen-bond donors (Lipinski definition) is 3. The Morgan fingerprint density at radius 3 is 2.68 bits per heavy atom. The van der Waals surface area contributed by atoms with Gasteiger partial charge in [0.1, 0.15) is 5.75 Å². The highest BCUT2D eigenvalue weighted by Gasteiger charge is 2.11. The lowest BCUT2D eigenvalue weighted by molar-refractivity contribution is 0.102. The summed E-state index contributed by atoms with van der Waals surface area (Å²) in [6, 6.07) is 9.84. The Hall–Kier alpha value is -2.73. The van der Waals surface area contributed by atoms with Crippen LogP contribution >= 0.6 is 11.6 Å². The summed E-state index contributed by atoms with van der Waals surface area (Å²) in [5, 5.41) is 3.23. The van der Waals surface area contributed by atoms with Crippen LogP contribution in [0.15, 0.2) is 41.2 Å². The van der Waals surface area contributed by atoms with Gasteiger partial charge in [-0.3, -0.25) is 4.79 Å². The monoisotopic (exact) mass is 317 g/mol. The van der Waals surface area contributed by atoms with Crippen molar-refractivity contribution in [2.24, 2.45) is 0 Å². The van der Waals surface area contributed by atoms with E-state index in [1.54, 1.807) is 36.4 Å². The lowest BCUT2D eigenvalue weighted by Gasteiger charge is -2.10. The standard InChI is InChI=1S/C15H12ClN3O3/c1-22-13-5-3-9(16)7-12(13)17-14(20)8-2-4-10-11(6-8)19-15(21)18-10/h2-7H,1H3,(H,17,20)(H2,18,19,21). The molecule has 0 atom stereocenters. The largest absolute Gasteiger partial charge is 0.495 e. The molecule has 0 aliphatic rings. The first-order chi connectivity index (χ1) is 10.6. The molecule has 6 nitrogen and oxygen atoms in total. The maximum atomic E-state index is 12.3. The van der Waals surface area contributed by atoms with E-state index in [0.717, 1.165) is 0 Å². The Balaban J connectivity index is 1.92. The number of hydrogen-bond acceptors (Lipinski definition) is 3. The molecule has 22 heavy (non-hydrogen) atoms. The van der Waals surface area contributed by atoms with E-state index >= 15 is 0 Å². The van der Waals surface area contributed by atoms with E-state index in [9.17, 15) is 9.59 Å². The number of nitrogens with one attached hydrogen (secondary N) is 3. The minimum Gasteiger partial charge on any atom is -0.495 e. The van der Waals surface area contributed by atoms with Gasteiger partial charge in [0.25, 0.3) is 5.91 Å². The summed E-state index contributed by atoms with van der Waals surface area (Å²) in [4.78, 5) is 28.8. The Kier molecular flexibility index (Phi) is 3.60. The van der Waals surface area contributed by atoms with Gasteiger partial charge in [-0.15, -0.1) is 0 Å². The van der Waals surface area contributed by atoms with Crippen LogP contribution in [-0.4, -0.2) is 23.0 Å². The lowest BCUT2D eigenvalue weighted by atomic mass is 10.2. The predicted octanol–water partition coefficient (Wildman–Crippen LogP) is 2.77. The minimum atomic E-state index is -0.329. The van der Waals surface area contributed by atoms with Crippen molar-refractivity contribution in [1.82, 2.24) is 9.97 Å². The summed E-state index contributed by atoms with van der Waals surface area (Å²) < 4.78 is 5.18. The molecule has 3 aromatic rings. The first kappa shape index (κ1) is 14.2. The van der Waals surface area contributed by atoms with Crippen LogP contribution in [0, 0.1) is 0 Å². The molecule has 1 amide bonds. The number of methoxy groups -OCH3 is 1. The number of halogens is 1. The highest BCUT2D eigenvalue weighted by molar-refractivity contribution is 6.31. The smallest absolute Gasteiger partial charge is 0.323 e. The van der Waals surface area contributed by atoms with Crippen LogP contribution in [0.1, 0.15) is 10.4 Å². The summed E-state index contributed by atoms with van der Waals surface area (Å²) in [6.45, 7) is 0. The molecule has 1 aromatic heterocycles. The summed E-state index contributed by atoms with van der Waals surface area (Å²) in [7, 11) is 1.51. The molecule has 112 valence electrons. The number of amides is 1. The van der Waals surface area contributed by atoms with Crippen molar-refractivity contribution < 1.29 is 9.53 Å². The van der Waals surface area contributed by atoms with E-state index in [1.807, 2.05) is 0 Å². The third kappa shape index (κ3) is 2.68. The predicted molar refractivity (Wildman–Crippen MR) is 84.9 cm³/mol. The van der Waals surface area contributed by atoms with Gasteiger partial charge in [0.2, 0.25) is 0 Å². The number of carbonyl (C=O) groups excluding carboxylic acids is 1. The van der Waals surface area contributed by atoms with Gasteiger partial charge < -0.3 is 20.0 Å². The Labute approximate surface area is 130 Å². The van der Waals surface area contributed by atoms with E-state index in [0.29, 0.717) is 33.1 Å². The molecule has 0 aliphatic heterocycles. The van der Waals surface area contributed by atoms with Gasteiger partial charge in [0.15, 0.2) is 0 Å². The lowest BCUT2D eigenvalue weighted by Crippen LogP contribution is -2.12. The first-order valence-electron chi connectivity index (χ1n) is 6.44. The van der Waals surface area contributed by atoms with Gasteiger partial charge in [-0.1, -0.05) is 11.6 Å². The van der Waals surface area contributed by atoms with Crippen LogP contribution in [0.2, 0.25) is 5.02 Å². The quantitative estimate of drug-likeness (QED) is 0.694. The molecule has 0 saturated carbocycles. The summed E-state index contributed by atoms with van der Waals surface area (Å²) >= 11 is 5.93. The molecule has 0 saturated heterocycles. The highest BCUT2D eigenvalue weighted by atomic mass is 35.5. The van der Waals surface area contributed by atoms with Crippen molar-refractivity contribution >= 4 is 34.2 Å². The minimum absolute atomic E-state index is 0.316. The number of aromatic amines is 2. The van der Waals surface area contributed by atoms with E-state index in [1.165, 1.54) is 7.11 Å². The van der Waals surface area contributed by atoms with Crippen LogP contribution in [0.4, 0.5) is 5.69 Å². The summed E-state index contributed by atoms with van der Waals surface area (Å²) in [6.07, 6.45) is 0. The molecule has 2 aromatic carbocycles. The number of H-pyrrole nitrogens is 2. The number of benzene rings is 2. The van der Waals surface area contributed by atoms with E-state index < -0.39 is 0 Å². The van der Waals surface area contributed by atoms with Crippen LogP contribution < -0.4 is 15.7 Å². The average Bonchev–Trinajstić information content (AvgIpc) is 2.86. The van der Waals surface area contributed by atoms with Gasteiger partial charge in [-0.05, 0) is 36.4 Å². The zero-order valence-electron chi connectivity index (χ0n) is 11.6. The second-order valence-electron chi connectivity index (χ2n) is 4.64. The number of imidazole rings is 1. The van der Waals surface area contributed by atoms with Crippen molar-refractivity contribution in [3.8, 4) is 5.75 Å². The molecule has 0 spiro atoms. The maximum absolute atomic E-state index is 12.3. The van der Waals surface area contributed by atoms with Crippen LogP contribution in [-0.2, 0) is 0 Å². The topological polar surface area (TPSA) is 87.0 Å². The van der Waals surface area contributed by atoms with Crippen molar-refractivity contribution in [2.45, 2.75) is 0 Å². The maximum Gasteiger partial charge on any atom is 0.323 e. The van der Waals surface area contributed by atoms with Gasteiger partial charge >= 0.3 is 5.69 Å².